The van der Waals surface area contributed by atoms with E-state index in [0.717, 1.165) is 25.9 Å². The second-order valence-corrected chi connectivity index (χ2v) is 6.81. The fraction of sp³-hybridized carbons (Fsp3) is 0.579. The molecule has 2 fully saturated rings. The predicted molar refractivity (Wildman–Crippen MR) is 91.6 cm³/mol. The Morgan fingerprint density at radius 3 is 2.71 bits per heavy atom. The molecule has 2 amide bonds. The first-order valence-corrected chi connectivity index (χ1v) is 8.87. The summed E-state index contributed by atoms with van der Waals surface area (Å²) in [6, 6.07) is 8.05. The van der Waals surface area contributed by atoms with Crippen molar-refractivity contribution in [1.29, 1.82) is 0 Å². The summed E-state index contributed by atoms with van der Waals surface area (Å²) in [4.78, 5) is 26.1. The first kappa shape index (κ1) is 17.0. The minimum absolute atomic E-state index is 0.0241. The Balaban J connectivity index is 1.62. The molecule has 0 saturated carbocycles. The highest BCUT2D eigenvalue weighted by atomic mass is 16.5. The number of hydrogen-bond donors (Lipinski definition) is 1. The minimum Gasteiger partial charge on any atom is -0.376 e. The standard InChI is InChI=1S/C19H26N2O3/c1-14-4-6-15(7-5-14)10-11-21(13-16-3-2-12-24-16)19(23)17-8-9-18(22)20-17/h4-7,16-17H,2-3,8-13H2,1H3,(H,20,22). The molecule has 2 heterocycles. The number of rotatable bonds is 6. The quantitative estimate of drug-likeness (QED) is 0.866. The number of ether oxygens (including phenoxy) is 1. The van der Waals surface area contributed by atoms with Gasteiger partial charge in [0, 0.05) is 26.1 Å². The second kappa shape index (κ2) is 7.79. The van der Waals surface area contributed by atoms with E-state index in [-0.39, 0.29) is 24.0 Å². The van der Waals surface area contributed by atoms with Crippen LogP contribution in [0.2, 0.25) is 0 Å². The van der Waals surface area contributed by atoms with Crippen LogP contribution in [0.3, 0.4) is 0 Å². The lowest BCUT2D eigenvalue weighted by Gasteiger charge is -2.28. The fourth-order valence-corrected chi connectivity index (χ4v) is 3.36. The van der Waals surface area contributed by atoms with Gasteiger partial charge in [-0.2, -0.15) is 0 Å². The molecule has 2 atom stereocenters. The summed E-state index contributed by atoms with van der Waals surface area (Å²) in [6.07, 6.45) is 4.06. The Labute approximate surface area is 143 Å². The van der Waals surface area contributed by atoms with Crippen molar-refractivity contribution in [3.05, 3.63) is 35.4 Å². The first-order chi connectivity index (χ1) is 11.6. The number of nitrogens with one attached hydrogen (secondary N) is 1. The third-order valence-corrected chi connectivity index (χ3v) is 4.84. The van der Waals surface area contributed by atoms with Crippen molar-refractivity contribution in [2.45, 2.75) is 51.2 Å². The maximum Gasteiger partial charge on any atom is 0.245 e. The summed E-state index contributed by atoms with van der Waals surface area (Å²) in [6.45, 7) is 4.13. The van der Waals surface area contributed by atoms with Crippen molar-refractivity contribution < 1.29 is 14.3 Å². The number of nitrogens with zero attached hydrogens (tertiary/aromatic N) is 1. The molecule has 2 aliphatic rings. The van der Waals surface area contributed by atoms with Gasteiger partial charge in [-0.1, -0.05) is 29.8 Å². The van der Waals surface area contributed by atoms with Crippen LogP contribution in [0.4, 0.5) is 0 Å². The summed E-state index contributed by atoms with van der Waals surface area (Å²) in [5.74, 6) is 0.00686. The summed E-state index contributed by atoms with van der Waals surface area (Å²) in [7, 11) is 0. The van der Waals surface area contributed by atoms with E-state index in [1.807, 2.05) is 4.90 Å². The highest BCUT2D eigenvalue weighted by Crippen LogP contribution is 2.17. The monoisotopic (exact) mass is 330 g/mol. The summed E-state index contributed by atoms with van der Waals surface area (Å²) in [5, 5.41) is 2.79. The van der Waals surface area contributed by atoms with E-state index in [2.05, 4.69) is 36.5 Å². The van der Waals surface area contributed by atoms with Gasteiger partial charge in [-0.15, -0.1) is 0 Å². The van der Waals surface area contributed by atoms with Gasteiger partial charge in [-0.25, -0.2) is 0 Å². The van der Waals surface area contributed by atoms with E-state index in [1.54, 1.807) is 0 Å². The second-order valence-electron chi connectivity index (χ2n) is 6.81. The number of benzene rings is 1. The Kier molecular flexibility index (Phi) is 5.51. The van der Waals surface area contributed by atoms with Crippen molar-refractivity contribution in [3.63, 3.8) is 0 Å². The molecule has 2 unspecified atom stereocenters. The summed E-state index contributed by atoms with van der Waals surface area (Å²) >= 11 is 0. The van der Waals surface area contributed by atoms with Crippen LogP contribution < -0.4 is 5.32 Å². The highest BCUT2D eigenvalue weighted by Gasteiger charge is 2.32. The number of hydrogen-bond acceptors (Lipinski definition) is 3. The number of carbonyl (C=O) groups excluding carboxylic acids is 2. The Morgan fingerprint density at radius 2 is 2.08 bits per heavy atom. The molecular weight excluding hydrogens is 304 g/mol. The largest absolute Gasteiger partial charge is 0.376 e. The van der Waals surface area contributed by atoms with Gasteiger partial charge in [-0.05, 0) is 38.2 Å². The zero-order chi connectivity index (χ0) is 16.9. The average molecular weight is 330 g/mol. The maximum absolute atomic E-state index is 12.8. The Hall–Kier alpha value is -1.88. The lowest BCUT2D eigenvalue weighted by atomic mass is 10.1. The lowest BCUT2D eigenvalue weighted by Crippen LogP contribution is -2.47. The minimum atomic E-state index is -0.364. The highest BCUT2D eigenvalue weighted by molar-refractivity contribution is 5.90. The van der Waals surface area contributed by atoms with Crippen LogP contribution in [0, 0.1) is 6.92 Å². The molecule has 0 bridgehead atoms. The summed E-state index contributed by atoms with van der Waals surface area (Å²) in [5.41, 5.74) is 2.46. The molecule has 1 aromatic carbocycles. The van der Waals surface area contributed by atoms with E-state index in [4.69, 9.17) is 4.74 Å². The normalized spacial score (nSPS) is 23.3. The number of carbonyl (C=O) groups is 2. The first-order valence-electron chi connectivity index (χ1n) is 8.87. The van der Waals surface area contributed by atoms with Crippen molar-refractivity contribution >= 4 is 11.8 Å². The molecular formula is C19H26N2O3. The average Bonchev–Trinajstić information content (AvgIpc) is 3.24. The lowest BCUT2D eigenvalue weighted by molar-refractivity contribution is -0.135. The van der Waals surface area contributed by atoms with E-state index in [1.165, 1.54) is 11.1 Å². The molecule has 1 N–H and O–H groups in total. The van der Waals surface area contributed by atoms with Gasteiger partial charge in [0.25, 0.3) is 0 Å². The summed E-state index contributed by atoms with van der Waals surface area (Å²) < 4.78 is 5.70. The van der Waals surface area contributed by atoms with Gasteiger partial charge in [-0.3, -0.25) is 9.59 Å². The van der Waals surface area contributed by atoms with E-state index < -0.39 is 0 Å². The SMILES string of the molecule is Cc1ccc(CCN(CC2CCCO2)C(=O)C2CCC(=O)N2)cc1. The van der Waals surface area contributed by atoms with Crippen LogP contribution in [0.25, 0.3) is 0 Å². The van der Waals surface area contributed by atoms with Gasteiger partial charge in [0.1, 0.15) is 6.04 Å². The Morgan fingerprint density at radius 1 is 1.29 bits per heavy atom. The van der Waals surface area contributed by atoms with Gasteiger partial charge in [0.2, 0.25) is 11.8 Å². The van der Waals surface area contributed by atoms with Crippen LogP contribution in [0.15, 0.2) is 24.3 Å². The topological polar surface area (TPSA) is 58.6 Å². The molecule has 2 aliphatic heterocycles. The molecule has 24 heavy (non-hydrogen) atoms. The van der Waals surface area contributed by atoms with E-state index in [9.17, 15) is 9.59 Å². The van der Waals surface area contributed by atoms with Crippen LogP contribution in [-0.2, 0) is 20.7 Å². The van der Waals surface area contributed by atoms with Gasteiger partial charge < -0.3 is 15.0 Å². The number of aryl methyl sites for hydroxylation is 1. The zero-order valence-electron chi connectivity index (χ0n) is 14.3. The van der Waals surface area contributed by atoms with Gasteiger partial charge in [0.15, 0.2) is 0 Å². The molecule has 5 nitrogen and oxygen atoms in total. The maximum atomic E-state index is 12.8. The van der Waals surface area contributed by atoms with Crippen LogP contribution in [-0.4, -0.2) is 48.6 Å². The fourth-order valence-electron chi connectivity index (χ4n) is 3.36. The Bertz CT molecular complexity index is 579. The van der Waals surface area contributed by atoms with Crippen molar-refractivity contribution in [2.24, 2.45) is 0 Å². The van der Waals surface area contributed by atoms with Crippen LogP contribution in [0.1, 0.15) is 36.8 Å². The molecule has 0 spiro atoms. The molecule has 1 aromatic rings. The molecule has 130 valence electrons. The molecule has 0 aromatic heterocycles. The van der Waals surface area contributed by atoms with E-state index in [0.29, 0.717) is 25.9 Å². The van der Waals surface area contributed by atoms with Gasteiger partial charge in [0.05, 0.1) is 6.10 Å². The predicted octanol–water partition coefficient (Wildman–Crippen LogP) is 1.82. The van der Waals surface area contributed by atoms with Crippen molar-refractivity contribution in [3.8, 4) is 0 Å². The third-order valence-electron chi connectivity index (χ3n) is 4.84. The molecule has 0 aliphatic carbocycles. The van der Waals surface area contributed by atoms with Crippen molar-refractivity contribution in [1.82, 2.24) is 10.2 Å². The molecule has 0 radical (unpaired) electrons. The van der Waals surface area contributed by atoms with Crippen LogP contribution >= 0.6 is 0 Å². The number of amides is 2. The van der Waals surface area contributed by atoms with Crippen molar-refractivity contribution in [2.75, 3.05) is 19.7 Å². The molecule has 5 heteroatoms. The molecule has 3 rings (SSSR count). The zero-order valence-corrected chi connectivity index (χ0v) is 14.3. The molecule has 2 saturated heterocycles. The van der Waals surface area contributed by atoms with Crippen LogP contribution in [0.5, 0.6) is 0 Å². The van der Waals surface area contributed by atoms with E-state index >= 15 is 0 Å². The smallest absolute Gasteiger partial charge is 0.245 e. The van der Waals surface area contributed by atoms with Gasteiger partial charge >= 0.3 is 0 Å². The third kappa shape index (κ3) is 4.35.